The monoisotopic (exact) mass is 390 g/mol. The molecule has 148 valence electrons. The Bertz CT molecular complexity index is 987. The Kier molecular flexibility index (Phi) is 6.36. The lowest BCUT2D eigenvalue weighted by molar-refractivity contribution is 0.0954. The predicted molar refractivity (Wildman–Crippen MR) is 113 cm³/mol. The molecule has 0 spiro atoms. The molecule has 0 atom stereocenters. The molecular formula is C21H22N6O2. The van der Waals surface area contributed by atoms with E-state index >= 15 is 0 Å². The molecule has 2 aromatic heterocycles. The maximum absolute atomic E-state index is 12.3. The topological polar surface area (TPSA) is 122 Å². The van der Waals surface area contributed by atoms with Crippen LogP contribution < -0.4 is 21.7 Å². The normalized spacial score (nSPS) is 10.2. The van der Waals surface area contributed by atoms with Gasteiger partial charge < -0.3 is 21.7 Å². The maximum atomic E-state index is 12.3. The van der Waals surface area contributed by atoms with Gasteiger partial charge in [0.15, 0.2) is 0 Å². The number of amides is 2. The van der Waals surface area contributed by atoms with Crippen molar-refractivity contribution in [2.75, 3.05) is 29.5 Å². The van der Waals surface area contributed by atoms with Gasteiger partial charge in [0.2, 0.25) is 0 Å². The molecule has 8 heteroatoms. The van der Waals surface area contributed by atoms with Crippen LogP contribution in [0.15, 0.2) is 60.9 Å². The van der Waals surface area contributed by atoms with E-state index in [-0.39, 0.29) is 11.8 Å². The predicted octanol–water partition coefficient (Wildman–Crippen LogP) is 2.46. The van der Waals surface area contributed by atoms with Gasteiger partial charge in [-0.3, -0.25) is 14.6 Å². The summed E-state index contributed by atoms with van der Waals surface area (Å²) in [6.45, 7) is 2.78. The number of nitrogens with two attached hydrogens (primary N) is 1. The van der Waals surface area contributed by atoms with E-state index in [1.165, 1.54) is 6.20 Å². The molecule has 0 unspecified atom stereocenters. The number of hydrogen-bond acceptors (Lipinski definition) is 6. The fourth-order valence-corrected chi connectivity index (χ4v) is 2.51. The third kappa shape index (κ3) is 5.52. The molecular weight excluding hydrogens is 368 g/mol. The first-order valence-corrected chi connectivity index (χ1v) is 9.09. The first-order chi connectivity index (χ1) is 14.0. The Morgan fingerprint density at radius 3 is 2.31 bits per heavy atom. The first-order valence-electron chi connectivity index (χ1n) is 9.09. The number of rotatable bonds is 7. The number of benzene rings is 1. The van der Waals surface area contributed by atoms with E-state index in [0.717, 1.165) is 5.69 Å². The SMILES string of the molecule is Cc1ccc(C(=O)NCCNc2ccc(C(=O)Nc3ccccc3N)cn2)cn1. The largest absolute Gasteiger partial charge is 0.397 e. The summed E-state index contributed by atoms with van der Waals surface area (Å²) in [6.07, 6.45) is 3.03. The quantitative estimate of drug-likeness (QED) is 0.363. The summed E-state index contributed by atoms with van der Waals surface area (Å²) in [4.78, 5) is 32.6. The second-order valence-corrected chi connectivity index (χ2v) is 6.34. The van der Waals surface area contributed by atoms with Crippen LogP contribution in [0.4, 0.5) is 17.2 Å². The summed E-state index contributed by atoms with van der Waals surface area (Å²) in [5.41, 5.74) is 8.67. The number of carbonyl (C=O) groups excluding carboxylic acids is 2. The summed E-state index contributed by atoms with van der Waals surface area (Å²) in [6, 6.07) is 13.9. The molecule has 0 aliphatic carbocycles. The standard InChI is InChI=1S/C21H22N6O2/c1-14-6-7-15(12-25-14)20(28)24-11-10-23-19-9-8-16(13-26-19)21(29)27-18-5-3-2-4-17(18)22/h2-9,12-13H,10-11,22H2,1H3,(H,23,26)(H,24,28)(H,27,29). The number of nitrogen functional groups attached to an aromatic ring is 1. The van der Waals surface area contributed by atoms with Gasteiger partial charge in [-0.05, 0) is 43.3 Å². The van der Waals surface area contributed by atoms with Gasteiger partial charge in [0.1, 0.15) is 5.82 Å². The fraction of sp³-hybridized carbons (Fsp3) is 0.143. The zero-order chi connectivity index (χ0) is 20.6. The number of aromatic nitrogens is 2. The van der Waals surface area contributed by atoms with Crippen LogP contribution in [0.2, 0.25) is 0 Å². The minimum absolute atomic E-state index is 0.181. The molecule has 8 nitrogen and oxygen atoms in total. The molecule has 3 aromatic rings. The molecule has 0 saturated carbocycles. The zero-order valence-corrected chi connectivity index (χ0v) is 16.0. The molecule has 29 heavy (non-hydrogen) atoms. The lowest BCUT2D eigenvalue weighted by Crippen LogP contribution is -2.29. The highest BCUT2D eigenvalue weighted by atomic mass is 16.2. The number of carbonyl (C=O) groups is 2. The van der Waals surface area contributed by atoms with E-state index in [4.69, 9.17) is 5.73 Å². The molecule has 1 aromatic carbocycles. The van der Waals surface area contributed by atoms with Crippen LogP contribution in [0.3, 0.4) is 0 Å². The van der Waals surface area contributed by atoms with Crippen molar-refractivity contribution in [2.24, 2.45) is 0 Å². The smallest absolute Gasteiger partial charge is 0.257 e. The van der Waals surface area contributed by atoms with Gasteiger partial charge in [-0.25, -0.2) is 4.98 Å². The van der Waals surface area contributed by atoms with Crippen molar-refractivity contribution in [3.05, 3.63) is 77.7 Å². The van der Waals surface area contributed by atoms with Gasteiger partial charge in [-0.1, -0.05) is 12.1 Å². The average Bonchev–Trinajstić information content (AvgIpc) is 2.73. The molecule has 0 fully saturated rings. The number of anilines is 3. The Balaban J connectivity index is 1.45. The van der Waals surface area contributed by atoms with E-state index in [2.05, 4.69) is 25.9 Å². The lowest BCUT2D eigenvalue weighted by Gasteiger charge is -2.09. The summed E-state index contributed by atoms with van der Waals surface area (Å²) in [5.74, 6) is 0.132. The number of pyridine rings is 2. The zero-order valence-electron chi connectivity index (χ0n) is 16.0. The highest BCUT2D eigenvalue weighted by molar-refractivity contribution is 6.05. The van der Waals surface area contributed by atoms with Crippen LogP contribution in [0.5, 0.6) is 0 Å². The van der Waals surface area contributed by atoms with Crippen LogP contribution >= 0.6 is 0 Å². The van der Waals surface area contributed by atoms with E-state index in [1.807, 2.05) is 6.92 Å². The van der Waals surface area contributed by atoms with Crippen LogP contribution in [0.1, 0.15) is 26.4 Å². The third-order valence-corrected chi connectivity index (χ3v) is 4.12. The van der Waals surface area contributed by atoms with Crippen molar-refractivity contribution in [1.82, 2.24) is 15.3 Å². The number of hydrogen-bond donors (Lipinski definition) is 4. The van der Waals surface area contributed by atoms with Crippen LogP contribution in [-0.4, -0.2) is 34.9 Å². The van der Waals surface area contributed by atoms with Crippen molar-refractivity contribution in [1.29, 1.82) is 0 Å². The molecule has 0 aliphatic rings. The summed E-state index contributed by atoms with van der Waals surface area (Å²) in [7, 11) is 0. The molecule has 0 bridgehead atoms. The van der Waals surface area contributed by atoms with E-state index in [9.17, 15) is 9.59 Å². The van der Waals surface area contributed by atoms with Gasteiger partial charge in [0.05, 0.1) is 22.5 Å². The Morgan fingerprint density at radius 2 is 1.62 bits per heavy atom. The molecule has 2 amide bonds. The highest BCUT2D eigenvalue weighted by Gasteiger charge is 2.09. The average molecular weight is 390 g/mol. The van der Waals surface area contributed by atoms with Crippen molar-refractivity contribution >= 4 is 29.0 Å². The molecule has 0 aliphatic heterocycles. The molecule has 2 heterocycles. The van der Waals surface area contributed by atoms with Crippen LogP contribution in [0.25, 0.3) is 0 Å². The molecule has 5 N–H and O–H groups in total. The number of nitrogens with zero attached hydrogens (tertiary/aromatic N) is 2. The van der Waals surface area contributed by atoms with E-state index in [1.54, 1.807) is 54.7 Å². The second-order valence-electron chi connectivity index (χ2n) is 6.34. The highest BCUT2D eigenvalue weighted by Crippen LogP contribution is 2.18. The third-order valence-electron chi connectivity index (χ3n) is 4.12. The maximum Gasteiger partial charge on any atom is 0.257 e. The molecule has 3 rings (SSSR count). The Labute approximate surface area is 168 Å². The summed E-state index contributed by atoms with van der Waals surface area (Å²) < 4.78 is 0. The van der Waals surface area contributed by atoms with Gasteiger partial charge in [0, 0.05) is 31.2 Å². The van der Waals surface area contributed by atoms with E-state index in [0.29, 0.717) is 41.4 Å². The van der Waals surface area contributed by atoms with E-state index < -0.39 is 0 Å². The van der Waals surface area contributed by atoms with Crippen LogP contribution in [0, 0.1) is 6.92 Å². The summed E-state index contributed by atoms with van der Waals surface area (Å²) in [5, 5.41) is 8.65. The number of nitrogens with one attached hydrogen (secondary N) is 3. The van der Waals surface area contributed by atoms with Crippen molar-refractivity contribution < 1.29 is 9.59 Å². The first kappa shape index (κ1) is 19.8. The minimum atomic E-state index is -0.291. The van der Waals surface area contributed by atoms with Crippen LogP contribution in [-0.2, 0) is 0 Å². The summed E-state index contributed by atoms with van der Waals surface area (Å²) >= 11 is 0. The number of aryl methyl sites for hydroxylation is 1. The van der Waals surface area contributed by atoms with Crippen molar-refractivity contribution in [3.8, 4) is 0 Å². The van der Waals surface area contributed by atoms with Gasteiger partial charge in [0.25, 0.3) is 11.8 Å². The van der Waals surface area contributed by atoms with Gasteiger partial charge in [-0.15, -0.1) is 0 Å². The molecule has 0 radical (unpaired) electrons. The Morgan fingerprint density at radius 1 is 0.897 bits per heavy atom. The molecule has 0 saturated heterocycles. The van der Waals surface area contributed by atoms with Crippen molar-refractivity contribution in [2.45, 2.75) is 6.92 Å². The lowest BCUT2D eigenvalue weighted by atomic mass is 10.2. The fourth-order valence-electron chi connectivity index (χ4n) is 2.51. The number of para-hydroxylation sites is 2. The van der Waals surface area contributed by atoms with Crippen molar-refractivity contribution in [3.63, 3.8) is 0 Å². The van der Waals surface area contributed by atoms with Gasteiger partial charge >= 0.3 is 0 Å². The Hall–Kier alpha value is -3.94. The minimum Gasteiger partial charge on any atom is -0.397 e. The van der Waals surface area contributed by atoms with Gasteiger partial charge in [-0.2, -0.15) is 0 Å². The second kappa shape index (κ2) is 9.32.